The molecule has 1 aromatic rings. The number of hydrogen-bond donors (Lipinski definition) is 1. The zero-order chi connectivity index (χ0) is 13.9. The standard InChI is InChI=1S/C14H16Br2ClNO/c15-8-14(5-1-2-6-14)9-18-13(19)11-7-10(17)3-4-12(11)16/h3-4,7H,1-2,5-6,8-9H2,(H,18,19). The van der Waals surface area contributed by atoms with E-state index in [0.717, 1.165) is 16.3 Å². The monoisotopic (exact) mass is 407 g/mol. The van der Waals surface area contributed by atoms with Gasteiger partial charge in [0.25, 0.3) is 5.91 Å². The lowest BCUT2D eigenvalue weighted by Gasteiger charge is -2.26. The normalized spacial score (nSPS) is 17.4. The molecule has 0 radical (unpaired) electrons. The van der Waals surface area contributed by atoms with Crippen molar-refractivity contribution in [1.82, 2.24) is 5.32 Å². The maximum atomic E-state index is 12.2. The van der Waals surface area contributed by atoms with Crippen molar-refractivity contribution in [3.8, 4) is 0 Å². The molecule has 19 heavy (non-hydrogen) atoms. The van der Waals surface area contributed by atoms with Crippen molar-refractivity contribution in [1.29, 1.82) is 0 Å². The predicted octanol–water partition coefficient (Wildman–Crippen LogP) is 4.79. The summed E-state index contributed by atoms with van der Waals surface area (Å²) in [4.78, 5) is 12.2. The molecule has 1 aliphatic carbocycles. The van der Waals surface area contributed by atoms with Crippen molar-refractivity contribution in [3.05, 3.63) is 33.3 Å². The molecule has 2 nitrogen and oxygen atoms in total. The van der Waals surface area contributed by atoms with Crippen molar-refractivity contribution in [2.45, 2.75) is 25.7 Å². The molecule has 1 aromatic carbocycles. The van der Waals surface area contributed by atoms with E-state index >= 15 is 0 Å². The Hall–Kier alpha value is -0.0600. The Labute approximate surface area is 135 Å². The summed E-state index contributed by atoms with van der Waals surface area (Å²) in [6.07, 6.45) is 4.86. The molecule has 1 saturated carbocycles. The van der Waals surface area contributed by atoms with E-state index in [1.807, 2.05) is 0 Å². The van der Waals surface area contributed by atoms with Crippen molar-refractivity contribution in [3.63, 3.8) is 0 Å². The van der Waals surface area contributed by atoms with Crippen LogP contribution in [0.2, 0.25) is 5.02 Å². The lowest BCUT2D eigenvalue weighted by molar-refractivity contribution is 0.0935. The first-order valence-electron chi connectivity index (χ1n) is 6.36. The lowest BCUT2D eigenvalue weighted by Crippen LogP contribution is -2.37. The summed E-state index contributed by atoms with van der Waals surface area (Å²) in [7, 11) is 0. The summed E-state index contributed by atoms with van der Waals surface area (Å²) in [5.41, 5.74) is 0.816. The number of amides is 1. The summed E-state index contributed by atoms with van der Waals surface area (Å²) in [6, 6.07) is 5.25. The lowest BCUT2D eigenvalue weighted by atomic mass is 9.89. The zero-order valence-corrected chi connectivity index (χ0v) is 14.4. The molecule has 1 fully saturated rings. The SMILES string of the molecule is O=C(NCC1(CBr)CCCC1)c1cc(Cl)ccc1Br. The summed E-state index contributed by atoms with van der Waals surface area (Å²) < 4.78 is 0.772. The largest absolute Gasteiger partial charge is 0.351 e. The van der Waals surface area contributed by atoms with Gasteiger partial charge >= 0.3 is 0 Å². The second kappa shape index (κ2) is 6.59. The number of hydrogen-bond acceptors (Lipinski definition) is 1. The second-order valence-electron chi connectivity index (χ2n) is 5.15. The molecule has 5 heteroatoms. The molecule has 104 valence electrons. The highest BCUT2D eigenvalue weighted by atomic mass is 79.9. The van der Waals surface area contributed by atoms with Crippen molar-refractivity contribution < 1.29 is 4.79 Å². The molecular weight excluding hydrogens is 393 g/mol. The summed E-state index contributed by atoms with van der Waals surface area (Å²) >= 11 is 12.9. The maximum absolute atomic E-state index is 12.2. The molecule has 0 aromatic heterocycles. The molecule has 0 heterocycles. The third-order valence-corrected chi connectivity index (χ3v) is 5.86. The Morgan fingerprint density at radius 2 is 2.05 bits per heavy atom. The van der Waals surface area contributed by atoms with E-state index in [1.54, 1.807) is 18.2 Å². The molecular formula is C14H16Br2ClNO. The third-order valence-electron chi connectivity index (χ3n) is 3.74. The van der Waals surface area contributed by atoms with Crippen LogP contribution in [-0.2, 0) is 0 Å². The van der Waals surface area contributed by atoms with Crippen LogP contribution in [0.15, 0.2) is 22.7 Å². The minimum Gasteiger partial charge on any atom is -0.351 e. The van der Waals surface area contributed by atoms with Gasteiger partial charge in [-0.2, -0.15) is 0 Å². The molecule has 0 saturated heterocycles. The minimum absolute atomic E-state index is 0.0680. The third kappa shape index (κ3) is 3.73. The van der Waals surface area contributed by atoms with E-state index in [9.17, 15) is 4.79 Å². The highest BCUT2D eigenvalue weighted by Crippen LogP contribution is 2.39. The maximum Gasteiger partial charge on any atom is 0.252 e. The topological polar surface area (TPSA) is 29.1 Å². The van der Waals surface area contributed by atoms with Crippen LogP contribution in [0.4, 0.5) is 0 Å². The molecule has 0 spiro atoms. The first kappa shape index (κ1) is 15.3. The number of carbonyl (C=O) groups excluding carboxylic acids is 1. The van der Waals surface area contributed by atoms with Gasteiger partial charge in [-0.1, -0.05) is 40.4 Å². The molecule has 0 bridgehead atoms. The molecule has 1 N–H and O–H groups in total. The molecule has 0 unspecified atom stereocenters. The zero-order valence-electron chi connectivity index (χ0n) is 10.5. The van der Waals surface area contributed by atoms with Gasteiger partial charge in [0.15, 0.2) is 0 Å². The fourth-order valence-corrected chi connectivity index (χ4v) is 3.87. The molecule has 0 aliphatic heterocycles. The van der Waals surface area contributed by atoms with Gasteiger partial charge in [0.2, 0.25) is 0 Å². The molecule has 0 atom stereocenters. The van der Waals surface area contributed by atoms with E-state index in [-0.39, 0.29) is 11.3 Å². The van der Waals surface area contributed by atoms with Gasteiger partial charge in [0.05, 0.1) is 5.56 Å². The molecule has 2 rings (SSSR count). The highest BCUT2D eigenvalue weighted by molar-refractivity contribution is 9.10. The number of rotatable bonds is 4. The first-order valence-corrected chi connectivity index (χ1v) is 8.65. The van der Waals surface area contributed by atoms with Crippen LogP contribution < -0.4 is 5.32 Å². The van der Waals surface area contributed by atoms with Gasteiger partial charge in [-0.25, -0.2) is 0 Å². The first-order chi connectivity index (χ1) is 9.06. The fraction of sp³-hybridized carbons (Fsp3) is 0.500. The quantitative estimate of drug-likeness (QED) is 0.712. The Morgan fingerprint density at radius 1 is 1.37 bits per heavy atom. The average molecular weight is 410 g/mol. The number of nitrogens with one attached hydrogen (secondary N) is 1. The van der Waals surface area contributed by atoms with Crippen LogP contribution in [0, 0.1) is 5.41 Å². The summed E-state index contributed by atoms with van der Waals surface area (Å²) in [5.74, 6) is -0.0680. The van der Waals surface area contributed by atoms with Crippen molar-refractivity contribution in [2.75, 3.05) is 11.9 Å². The van der Waals surface area contributed by atoms with Gasteiger partial charge in [-0.05, 0) is 52.4 Å². The van der Waals surface area contributed by atoms with Gasteiger partial charge in [0.1, 0.15) is 0 Å². The Morgan fingerprint density at radius 3 is 2.68 bits per heavy atom. The van der Waals surface area contributed by atoms with Crippen LogP contribution in [0.1, 0.15) is 36.0 Å². The van der Waals surface area contributed by atoms with E-state index in [4.69, 9.17) is 11.6 Å². The van der Waals surface area contributed by atoms with Crippen LogP contribution in [-0.4, -0.2) is 17.8 Å². The van der Waals surface area contributed by atoms with Gasteiger partial charge in [-0.15, -0.1) is 0 Å². The fourth-order valence-electron chi connectivity index (χ4n) is 2.52. The van der Waals surface area contributed by atoms with Gasteiger partial charge in [-0.3, -0.25) is 4.79 Å². The van der Waals surface area contributed by atoms with Crippen LogP contribution in [0.25, 0.3) is 0 Å². The number of carbonyl (C=O) groups is 1. The van der Waals surface area contributed by atoms with E-state index in [2.05, 4.69) is 37.2 Å². The van der Waals surface area contributed by atoms with E-state index < -0.39 is 0 Å². The summed E-state index contributed by atoms with van der Waals surface area (Å²) in [6.45, 7) is 0.718. The number of alkyl halides is 1. The predicted molar refractivity (Wildman–Crippen MR) is 86.2 cm³/mol. The number of halogens is 3. The molecule has 1 amide bonds. The smallest absolute Gasteiger partial charge is 0.252 e. The van der Waals surface area contributed by atoms with E-state index in [0.29, 0.717) is 10.6 Å². The van der Waals surface area contributed by atoms with Crippen LogP contribution in [0.5, 0.6) is 0 Å². The molecule has 1 aliphatic rings. The second-order valence-corrected chi connectivity index (χ2v) is 7.00. The van der Waals surface area contributed by atoms with Crippen molar-refractivity contribution >= 4 is 49.4 Å². The highest BCUT2D eigenvalue weighted by Gasteiger charge is 2.33. The summed E-state index contributed by atoms with van der Waals surface area (Å²) in [5, 5.41) is 4.56. The van der Waals surface area contributed by atoms with Gasteiger partial charge in [0, 0.05) is 21.4 Å². The van der Waals surface area contributed by atoms with E-state index in [1.165, 1.54) is 25.7 Å². The Balaban J connectivity index is 2.03. The van der Waals surface area contributed by atoms with Crippen LogP contribution in [0.3, 0.4) is 0 Å². The minimum atomic E-state index is -0.0680. The Bertz CT molecular complexity index is 473. The van der Waals surface area contributed by atoms with Gasteiger partial charge < -0.3 is 5.32 Å². The number of benzene rings is 1. The van der Waals surface area contributed by atoms with Crippen molar-refractivity contribution in [2.24, 2.45) is 5.41 Å². The average Bonchev–Trinajstić information content (AvgIpc) is 2.88. The Kier molecular flexibility index (Phi) is 5.32. The van der Waals surface area contributed by atoms with Crippen LogP contribution >= 0.6 is 43.5 Å².